The Morgan fingerprint density at radius 2 is 2.14 bits per heavy atom. The first-order chi connectivity index (χ1) is 10.2. The molecule has 3 rings (SSSR count). The molecule has 0 fully saturated rings. The molecule has 108 valence electrons. The summed E-state index contributed by atoms with van der Waals surface area (Å²) in [6.45, 7) is 0. The van der Waals surface area contributed by atoms with Crippen molar-refractivity contribution < 1.29 is 9.18 Å². The van der Waals surface area contributed by atoms with Crippen LogP contribution < -0.4 is 0 Å². The smallest absolute Gasteiger partial charge is 0.258 e. The number of halogens is 2. The minimum absolute atomic E-state index is 0.126. The molecule has 0 radical (unpaired) electrons. The first-order valence-electron chi connectivity index (χ1n) is 6.44. The maximum absolute atomic E-state index is 13.1. The van der Waals surface area contributed by atoms with Crippen LogP contribution in [0.2, 0.25) is 0 Å². The lowest BCUT2D eigenvalue weighted by Crippen LogP contribution is -2.27. The van der Waals surface area contributed by atoms with Gasteiger partial charge in [-0.1, -0.05) is 18.2 Å². The van der Waals surface area contributed by atoms with E-state index in [0.717, 1.165) is 16.2 Å². The average molecular weight is 323 g/mol. The van der Waals surface area contributed by atoms with Crippen LogP contribution in [0.5, 0.6) is 0 Å². The number of hydrogen-bond acceptors (Lipinski definition) is 3. The van der Waals surface area contributed by atoms with Gasteiger partial charge in [-0.25, -0.2) is 9.40 Å². The van der Waals surface area contributed by atoms with Crippen molar-refractivity contribution in [2.24, 2.45) is 5.10 Å². The fraction of sp³-hybridized carbons (Fsp3) is 0.200. The number of rotatable bonds is 3. The van der Waals surface area contributed by atoms with E-state index in [0.29, 0.717) is 6.42 Å². The van der Waals surface area contributed by atoms with Gasteiger partial charge in [-0.05, 0) is 29.1 Å². The van der Waals surface area contributed by atoms with Crippen LogP contribution in [0.1, 0.15) is 22.9 Å². The minimum Gasteiger partial charge on any atom is -0.272 e. The van der Waals surface area contributed by atoms with Crippen molar-refractivity contribution in [1.82, 2.24) is 5.01 Å². The highest BCUT2D eigenvalue weighted by Crippen LogP contribution is 2.33. The van der Waals surface area contributed by atoms with Crippen LogP contribution in [-0.2, 0) is 4.79 Å². The van der Waals surface area contributed by atoms with Gasteiger partial charge in [0.15, 0.2) is 0 Å². The van der Waals surface area contributed by atoms with Crippen molar-refractivity contribution in [3.05, 3.63) is 58.0 Å². The van der Waals surface area contributed by atoms with E-state index in [1.807, 2.05) is 17.5 Å². The zero-order valence-corrected chi connectivity index (χ0v) is 12.6. The van der Waals surface area contributed by atoms with Gasteiger partial charge in [0.05, 0.1) is 16.6 Å². The van der Waals surface area contributed by atoms with Crippen molar-refractivity contribution >= 4 is 34.6 Å². The number of benzene rings is 1. The number of amides is 1. The zero-order valence-electron chi connectivity index (χ0n) is 11.0. The fourth-order valence-corrected chi connectivity index (χ4v) is 3.18. The summed E-state index contributed by atoms with van der Waals surface area (Å²) in [5, 5.41) is 7.80. The van der Waals surface area contributed by atoms with Crippen molar-refractivity contribution in [3.8, 4) is 0 Å². The molecule has 1 aliphatic heterocycles. The third-order valence-corrected chi connectivity index (χ3v) is 4.49. The molecule has 21 heavy (non-hydrogen) atoms. The Bertz CT molecular complexity index is 669. The van der Waals surface area contributed by atoms with Gasteiger partial charge in [0.25, 0.3) is 5.91 Å². The highest BCUT2D eigenvalue weighted by molar-refractivity contribution is 7.12. The number of hydrogen-bond donors (Lipinski definition) is 0. The predicted molar refractivity (Wildman–Crippen MR) is 82.2 cm³/mol. The SMILES string of the molecule is O=C(CCl)N1N=C(c2cccs2)C[C@@H]1c1ccc(F)cc1. The molecule has 1 aliphatic rings. The molecule has 0 saturated carbocycles. The Labute approximate surface area is 130 Å². The summed E-state index contributed by atoms with van der Waals surface area (Å²) in [6, 6.07) is 9.84. The van der Waals surface area contributed by atoms with E-state index in [-0.39, 0.29) is 23.6 Å². The molecule has 2 heterocycles. The molecule has 1 amide bonds. The summed E-state index contributed by atoms with van der Waals surface area (Å²) in [5.74, 6) is -0.678. The van der Waals surface area contributed by atoms with E-state index in [1.165, 1.54) is 17.1 Å². The Hall–Kier alpha value is -1.72. The maximum atomic E-state index is 13.1. The summed E-state index contributed by atoms with van der Waals surface area (Å²) < 4.78 is 13.1. The Kier molecular flexibility index (Phi) is 4.03. The average Bonchev–Trinajstić information content (AvgIpc) is 3.16. The van der Waals surface area contributed by atoms with Gasteiger partial charge < -0.3 is 0 Å². The molecule has 1 atom stereocenters. The standard InChI is InChI=1S/C15H12ClFN2OS/c16-9-15(20)19-13(10-3-5-11(17)6-4-10)8-12(18-19)14-2-1-7-21-14/h1-7,13H,8-9H2/t13-/m1/s1. The van der Waals surface area contributed by atoms with Gasteiger partial charge in [0, 0.05) is 6.42 Å². The summed E-state index contributed by atoms with van der Waals surface area (Å²) in [5.41, 5.74) is 1.71. The zero-order chi connectivity index (χ0) is 14.8. The van der Waals surface area contributed by atoms with E-state index in [2.05, 4.69) is 5.10 Å². The van der Waals surface area contributed by atoms with E-state index >= 15 is 0 Å². The topological polar surface area (TPSA) is 32.7 Å². The number of carbonyl (C=O) groups is 1. The molecule has 3 nitrogen and oxygen atoms in total. The molecular formula is C15H12ClFN2OS. The second-order valence-electron chi connectivity index (χ2n) is 4.67. The van der Waals surface area contributed by atoms with Crippen LogP contribution in [0.15, 0.2) is 46.9 Å². The van der Waals surface area contributed by atoms with Gasteiger partial charge in [-0.15, -0.1) is 22.9 Å². The molecule has 0 spiro atoms. The molecule has 0 aliphatic carbocycles. The molecule has 0 N–H and O–H groups in total. The molecule has 1 aromatic carbocycles. The van der Waals surface area contributed by atoms with Crippen LogP contribution in [0.4, 0.5) is 4.39 Å². The summed E-state index contributed by atoms with van der Waals surface area (Å²) in [6.07, 6.45) is 0.606. The van der Waals surface area contributed by atoms with Crippen LogP contribution >= 0.6 is 22.9 Å². The molecule has 0 saturated heterocycles. The van der Waals surface area contributed by atoms with Crippen molar-refractivity contribution in [1.29, 1.82) is 0 Å². The van der Waals surface area contributed by atoms with Gasteiger partial charge in [-0.2, -0.15) is 5.10 Å². The Morgan fingerprint density at radius 3 is 2.76 bits per heavy atom. The van der Waals surface area contributed by atoms with Gasteiger partial charge in [-0.3, -0.25) is 4.79 Å². The second kappa shape index (κ2) is 5.95. The molecule has 2 aromatic rings. The number of thiophene rings is 1. The highest BCUT2D eigenvalue weighted by atomic mass is 35.5. The Balaban J connectivity index is 1.93. The lowest BCUT2D eigenvalue weighted by molar-refractivity contribution is -0.130. The number of hydrazone groups is 1. The van der Waals surface area contributed by atoms with Crippen molar-refractivity contribution in [2.75, 3.05) is 5.88 Å². The molecular weight excluding hydrogens is 311 g/mol. The third kappa shape index (κ3) is 2.84. The monoisotopic (exact) mass is 322 g/mol. The van der Waals surface area contributed by atoms with Gasteiger partial charge >= 0.3 is 0 Å². The second-order valence-corrected chi connectivity index (χ2v) is 5.88. The molecule has 0 bridgehead atoms. The van der Waals surface area contributed by atoms with Crippen LogP contribution in [0.25, 0.3) is 0 Å². The van der Waals surface area contributed by atoms with Crippen molar-refractivity contribution in [2.45, 2.75) is 12.5 Å². The van der Waals surface area contributed by atoms with E-state index in [4.69, 9.17) is 11.6 Å². The number of nitrogens with zero attached hydrogens (tertiary/aromatic N) is 2. The predicted octanol–water partition coefficient (Wildman–Crippen LogP) is 3.80. The van der Waals surface area contributed by atoms with Crippen LogP contribution in [-0.4, -0.2) is 22.5 Å². The van der Waals surface area contributed by atoms with Gasteiger partial charge in [0.1, 0.15) is 11.7 Å². The lowest BCUT2D eigenvalue weighted by Gasteiger charge is -2.21. The maximum Gasteiger partial charge on any atom is 0.258 e. The van der Waals surface area contributed by atoms with Crippen LogP contribution in [0.3, 0.4) is 0 Å². The summed E-state index contributed by atoms with van der Waals surface area (Å²) in [7, 11) is 0. The Morgan fingerprint density at radius 1 is 1.38 bits per heavy atom. The molecule has 6 heteroatoms. The lowest BCUT2D eigenvalue weighted by atomic mass is 10.0. The van der Waals surface area contributed by atoms with E-state index in [9.17, 15) is 9.18 Å². The van der Waals surface area contributed by atoms with E-state index in [1.54, 1.807) is 23.5 Å². The number of alkyl halides is 1. The van der Waals surface area contributed by atoms with E-state index < -0.39 is 0 Å². The largest absolute Gasteiger partial charge is 0.272 e. The van der Waals surface area contributed by atoms with Gasteiger partial charge in [0.2, 0.25) is 0 Å². The summed E-state index contributed by atoms with van der Waals surface area (Å²) >= 11 is 7.24. The molecule has 0 unspecified atom stereocenters. The normalized spacial score (nSPS) is 17.9. The highest BCUT2D eigenvalue weighted by Gasteiger charge is 2.32. The summed E-state index contributed by atoms with van der Waals surface area (Å²) in [4.78, 5) is 13.0. The quantitative estimate of drug-likeness (QED) is 0.791. The fourth-order valence-electron chi connectivity index (χ4n) is 2.34. The van der Waals surface area contributed by atoms with Crippen molar-refractivity contribution in [3.63, 3.8) is 0 Å². The first kappa shape index (κ1) is 14.2. The molecule has 1 aromatic heterocycles. The van der Waals surface area contributed by atoms with Crippen LogP contribution in [0, 0.1) is 5.82 Å². The number of carbonyl (C=O) groups excluding carboxylic acids is 1. The minimum atomic E-state index is -0.300. The third-order valence-electron chi connectivity index (χ3n) is 3.34. The first-order valence-corrected chi connectivity index (χ1v) is 7.85.